The average Bonchev–Trinajstić information content (AvgIpc) is 3.94. The molecule has 328 valence electrons. The molecule has 0 aromatic carbocycles. The first-order valence-electron chi connectivity index (χ1n) is 21.3. The molecular weight excluding hydrogens is 704 g/mol. The van der Waals surface area contributed by atoms with Crippen molar-refractivity contribution in [2.75, 3.05) is 74.2 Å². The Morgan fingerprint density at radius 3 is 1.24 bits per heavy atom. The van der Waals surface area contributed by atoms with Gasteiger partial charge in [0.05, 0.1) is 38.4 Å². The van der Waals surface area contributed by atoms with Crippen LogP contribution in [0.2, 0.25) is 0 Å². The van der Waals surface area contributed by atoms with E-state index in [0.29, 0.717) is 39.6 Å². The fourth-order valence-corrected chi connectivity index (χ4v) is 7.62. The van der Waals surface area contributed by atoms with Crippen molar-refractivity contribution in [1.29, 1.82) is 0 Å². The lowest BCUT2D eigenvalue weighted by Gasteiger charge is -2.43. The van der Waals surface area contributed by atoms with Gasteiger partial charge in [-0.05, 0) is 89.9 Å². The van der Waals surface area contributed by atoms with E-state index >= 15 is 0 Å². The number of fused-ring (bicyclic) bond motifs is 5. The number of hydrogen-bond acceptors (Lipinski definition) is 11. The second-order valence-corrected chi connectivity index (χ2v) is 15.7. The maximum atomic E-state index is 10.9. The van der Waals surface area contributed by atoms with Crippen molar-refractivity contribution >= 4 is 17.9 Å². The minimum absolute atomic E-state index is 0.198. The van der Waals surface area contributed by atoms with Gasteiger partial charge in [0.2, 0.25) is 0 Å². The van der Waals surface area contributed by atoms with Crippen LogP contribution in [0.15, 0.2) is 0 Å². The van der Waals surface area contributed by atoms with Crippen molar-refractivity contribution in [3.05, 3.63) is 0 Å². The fourth-order valence-electron chi connectivity index (χ4n) is 7.62. The zero-order chi connectivity index (χ0) is 42.1. The molecule has 0 N–H and O–H groups in total. The number of rotatable bonds is 10. The van der Waals surface area contributed by atoms with Crippen LogP contribution in [0.5, 0.6) is 0 Å². The molecule has 0 radical (unpaired) electrons. The molecule has 1 saturated heterocycles. The van der Waals surface area contributed by atoms with E-state index in [1.807, 2.05) is 27.7 Å². The summed E-state index contributed by atoms with van der Waals surface area (Å²) in [6.45, 7) is 22.4. The molecule has 0 aromatic heterocycles. The van der Waals surface area contributed by atoms with E-state index in [1.54, 1.807) is 73.7 Å². The average molecular weight is 791 g/mol. The molecule has 5 fully saturated rings. The van der Waals surface area contributed by atoms with Gasteiger partial charge in [-0.2, -0.15) is 0 Å². The summed E-state index contributed by atoms with van der Waals surface area (Å²) in [5.74, 6) is 4.11. The molecule has 0 amide bonds. The summed E-state index contributed by atoms with van der Waals surface area (Å²) in [6, 6.07) is 0. The topological polar surface area (TPSA) is 125 Å². The highest BCUT2D eigenvalue weighted by atomic mass is 16.7. The number of carbonyl (C=O) groups excluding carboxylic acids is 3. The van der Waals surface area contributed by atoms with E-state index < -0.39 is 0 Å². The highest BCUT2D eigenvalue weighted by molar-refractivity contribution is 5.66. The van der Waals surface area contributed by atoms with Gasteiger partial charge < -0.3 is 37.9 Å². The highest BCUT2D eigenvalue weighted by Gasteiger charge is 2.49. The molecular formula is C44H86O11. The lowest BCUT2D eigenvalue weighted by atomic mass is 9.82. The van der Waals surface area contributed by atoms with Gasteiger partial charge in [-0.15, -0.1) is 0 Å². The van der Waals surface area contributed by atoms with Gasteiger partial charge in [-0.1, -0.05) is 65.7 Å². The van der Waals surface area contributed by atoms with Crippen LogP contribution >= 0.6 is 0 Å². The number of ether oxygens (including phenoxy) is 8. The Labute approximate surface area is 337 Å². The predicted molar refractivity (Wildman–Crippen MR) is 220 cm³/mol. The van der Waals surface area contributed by atoms with Crippen molar-refractivity contribution in [2.45, 2.75) is 159 Å². The first-order chi connectivity index (χ1) is 26.2. The standard InChI is InChI=1S/C14H26O5.C10H16.C6H12.2C4H8O2.2C3H8O/c1-6-14(8-17-11(2)15)9-18-12(19-10-14)13(3,4)7-16-5;1-2-9-7-4-5-8(6-7)10(9)3-1;1-2-4-6-5-3-1;2*1-3-6-4(2)5;2*1-3-4-2/h12H,6-10H2,1-5H3;7-10H,1-6H2;1-6H2;2*3H2,1-2H3;2*3H2,1-2H3. The Morgan fingerprint density at radius 1 is 0.582 bits per heavy atom. The second kappa shape index (κ2) is 34.3. The van der Waals surface area contributed by atoms with E-state index in [2.05, 4.69) is 25.9 Å². The number of carbonyl (C=O) groups is 3. The molecule has 11 nitrogen and oxygen atoms in total. The molecule has 2 bridgehead atoms. The van der Waals surface area contributed by atoms with Gasteiger partial charge in [0.25, 0.3) is 0 Å². The molecule has 11 heteroatoms. The lowest BCUT2D eigenvalue weighted by Crippen LogP contribution is -2.50. The Balaban J connectivity index is 0. The highest BCUT2D eigenvalue weighted by Crippen LogP contribution is 2.58. The normalized spacial score (nSPS) is 25.6. The molecule has 55 heavy (non-hydrogen) atoms. The first-order valence-corrected chi connectivity index (χ1v) is 21.3. The summed E-state index contributed by atoms with van der Waals surface area (Å²) in [6.07, 6.45) is 19.1. The molecule has 0 aromatic rings. The van der Waals surface area contributed by atoms with Crippen molar-refractivity contribution in [2.24, 2.45) is 34.5 Å². The Hall–Kier alpha value is -1.79. The number of esters is 3. The molecule has 4 saturated carbocycles. The Kier molecular flexibility index (Phi) is 34.5. The lowest BCUT2D eigenvalue weighted by molar-refractivity contribution is -0.280. The number of methoxy groups -OCH3 is 3. The Morgan fingerprint density at radius 2 is 0.964 bits per heavy atom. The Bertz CT molecular complexity index is 877. The smallest absolute Gasteiger partial charge is 0.302 e. The summed E-state index contributed by atoms with van der Waals surface area (Å²) in [4.78, 5) is 30.6. The molecule has 5 rings (SSSR count). The largest absolute Gasteiger partial charge is 0.466 e. The van der Waals surface area contributed by atoms with Crippen LogP contribution in [0, 0.1) is 34.5 Å². The summed E-state index contributed by atoms with van der Waals surface area (Å²) in [7, 11) is 5.03. The second-order valence-electron chi connectivity index (χ2n) is 15.7. The van der Waals surface area contributed by atoms with E-state index in [0.717, 1.165) is 19.6 Å². The molecule has 1 aliphatic heterocycles. The van der Waals surface area contributed by atoms with Gasteiger partial charge in [0.15, 0.2) is 6.29 Å². The molecule has 4 aliphatic carbocycles. The summed E-state index contributed by atoms with van der Waals surface area (Å²) in [5.41, 5.74) is -0.429. The third-order valence-corrected chi connectivity index (χ3v) is 10.7. The van der Waals surface area contributed by atoms with Crippen molar-refractivity contribution in [3.8, 4) is 0 Å². The van der Waals surface area contributed by atoms with E-state index in [9.17, 15) is 14.4 Å². The van der Waals surface area contributed by atoms with Gasteiger partial charge >= 0.3 is 17.9 Å². The van der Waals surface area contributed by atoms with Crippen LogP contribution in [0.4, 0.5) is 0 Å². The van der Waals surface area contributed by atoms with Crippen molar-refractivity contribution in [3.63, 3.8) is 0 Å². The van der Waals surface area contributed by atoms with Gasteiger partial charge in [-0.3, -0.25) is 14.4 Å². The molecule has 4 atom stereocenters. The zero-order valence-electron chi connectivity index (χ0n) is 37.7. The summed E-state index contributed by atoms with van der Waals surface area (Å²) >= 11 is 0. The fraction of sp³-hybridized carbons (Fsp3) is 0.932. The van der Waals surface area contributed by atoms with Crippen molar-refractivity contribution < 1.29 is 52.3 Å². The maximum absolute atomic E-state index is 10.9. The van der Waals surface area contributed by atoms with E-state index in [4.69, 9.17) is 18.9 Å². The third-order valence-electron chi connectivity index (χ3n) is 10.7. The van der Waals surface area contributed by atoms with Gasteiger partial charge in [0.1, 0.15) is 6.61 Å². The van der Waals surface area contributed by atoms with Gasteiger partial charge in [-0.25, -0.2) is 0 Å². The van der Waals surface area contributed by atoms with Crippen LogP contribution in [-0.4, -0.2) is 98.4 Å². The van der Waals surface area contributed by atoms with Crippen LogP contribution in [0.25, 0.3) is 0 Å². The third kappa shape index (κ3) is 26.7. The van der Waals surface area contributed by atoms with Crippen molar-refractivity contribution in [1.82, 2.24) is 0 Å². The number of hydrogen-bond donors (Lipinski definition) is 0. The molecule has 1 heterocycles. The van der Waals surface area contributed by atoms with E-state index in [1.165, 1.54) is 83.0 Å². The SMILES string of the molecule is C1CC2C3CCC(C3)C2C1.C1CCCCC1.CCC1(COC(C)=O)COC(C(C)(C)COC)OC1.CCOC.CCOC.CCOC(C)=O.CCOC(C)=O. The van der Waals surface area contributed by atoms with E-state index in [-0.39, 0.29) is 35.0 Å². The minimum atomic E-state index is -0.288. The minimum Gasteiger partial charge on any atom is -0.466 e. The zero-order valence-corrected chi connectivity index (χ0v) is 37.7. The van der Waals surface area contributed by atoms with Crippen LogP contribution in [0.1, 0.15) is 153 Å². The van der Waals surface area contributed by atoms with Gasteiger partial charge in [0, 0.05) is 60.7 Å². The summed E-state index contributed by atoms with van der Waals surface area (Å²) < 4.78 is 39.9. The van der Waals surface area contributed by atoms with Crippen LogP contribution < -0.4 is 0 Å². The predicted octanol–water partition coefficient (Wildman–Crippen LogP) is 9.61. The quantitative estimate of drug-likeness (QED) is 0.155. The molecule has 4 unspecified atom stereocenters. The van der Waals surface area contributed by atoms with Crippen LogP contribution in [0.3, 0.4) is 0 Å². The van der Waals surface area contributed by atoms with Crippen LogP contribution in [-0.2, 0) is 52.3 Å². The molecule has 5 aliphatic rings. The first kappa shape index (κ1) is 55.3. The molecule has 0 spiro atoms. The monoisotopic (exact) mass is 791 g/mol. The maximum Gasteiger partial charge on any atom is 0.302 e. The summed E-state index contributed by atoms with van der Waals surface area (Å²) in [5, 5.41) is 0.